The predicted molar refractivity (Wildman–Crippen MR) is 105 cm³/mol. The first-order valence-electron chi connectivity index (χ1n) is 8.59. The second kappa shape index (κ2) is 8.22. The standard InChI is InChI=1S/C20H22Cl2N2O/c1-14-3-2-10-24(12-14)13-15-4-6-16(7-5-15)20(25)23-19-9-8-17(21)11-18(19)22/h4-9,11,14H,2-3,10,12-13H2,1H3,(H,23,25)/t14-/m1/s1. The number of carbonyl (C=O) groups excluding carboxylic acids is 1. The highest BCUT2D eigenvalue weighted by Crippen LogP contribution is 2.26. The number of nitrogens with zero attached hydrogens (tertiary/aromatic N) is 1. The number of hydrogen-bond acceptors (Lipinski definition) is 2. The van der Waals surface area contributed by atoms with Gasteiger partial charge in [0.2, 0.25) is 0 Å². The minimum atomic E-state index is -0.178. The second-order valence-electron chi connectivity index (χ2n) is 6.76. The highest BCUT2D eigenvalue weighted by molar-refractivity contribution is 6.36. The number of hydrogen-bond donors (Lipinski definition) is 1. The van der Waals surface area contributed by atoms with Gasteiger partial charge < -0.3 is 5.32 Å². The molecule has 1 aliphatic heterocycles. The van der Waals surface area contributed by atoms with Crippen LogP contribution in [0.3, 0.4) is 0 Å². The molecule has 1 atom stereocenters. The summed E-state index contributed by atoms with van der Waals surface area (Å²) in [6.45, 7) is 5.55. The van der Waals surface area contributed by atoms with Gasteiger partial charge in [0.05, 0.1) is 10.7 Å². The highest BCUT2D eigenvalue weighted by Gasteiger charge is 2.16. The van der Waals surface area contributed by atoms with Gasteiger partial charge in [-0.15, -0.1) is 0 Å². The third-order valence-corrected chi connectivity index (χ3v) is 5.09. The van der Waals surface area contributed by atoms with Crippen LogP contribution in [0.5, 0.6) is 0 Å². The number of rotatable bonds is 4. The van der Waals surface area contributed by atoms with Crippen LogP contribution in [-0.2, 0) is 6.54 Å². The Labute approximate surface area is 158 Å². The van der Waals surface area contributed by atoms with E-state index in [2.05, 4.69) is 17.1 Å². The van der Waals surface area contributed by atoms with Crippen molar-refractivity contribution in [2.75, 3.05) is 18.4 Å². The lowest BCUT2D eigenvalue weighted by Crippen LogP contribution is -2.33. The number of benzene rings is 2. The Hall–Kier alpha value is -1.55. The van der Waals surface area contributed by atoms with E-state index in [1.165, 1.54) is 18.4 Å². The number of piperidine rings is 1. The van der Waals surface area contributed by atoms with Crippen LogP contribution >= 0.6 is 23.2 Å². The molecule has 1 saturated heterocycles. The fourth-order valence-corrected chi connectivity index (χ4v) is 3.69. The number of nitrogens with one attached hydrogen (secondary N) is 1. The summed E-state index contributed by atoms with van der Waals surface area (Å²) in [7, 11) is 0. The average molecular weight is 377 g/mol. The van der Waals surface area contributed by atoms with Crippen molar-refractivity contribution in [3.63, 3.8) is 0 Å². The van der Waals surface area contributed by atoms with Crippen molar-refractivity contribution in [1.29, 1.82) is 0 Å². The molecule has 0 aromatic heterocycles. The summed E-state index contributed by atoms with van der Waals surface area (Å²) in [6.07, 6.45) is 2.59. The molecule has 3 rings (SSSR count). The highest BCUT2D eigenvalue weighted by atomic mass is 35.5. The molecule has 0 aliphatic carbocycles. The van der Waals surface area contributed by atoms with E-state index in [1.807, 2.05) is 24.3 Å². The minimum absolute atomic E-state index is 0.178. The van der Waals surface area contributed by atoms with Gasteiger partial charge in [-0.25, -0.2) is 0 Å². The van der Waals surface area contributed by atoms with Crippen molar-refractivity contribution < 1.29 is 4.79 Å². The molecule has 2 aromatic carbocycles. The van der Waals surface area contributed by atoms with Crippen molar-refractivity contribution in [3.8, 4) is 0 Å². The molecule has 1 aliphatic rings. The summed E-state index contributed by atoms with van der Waals surface area (Å²) in [6, 6.07) is 12.8. The van der Waals surface area contributed by atoms with Crippen LogP contribution < -0.4 is 5.32 Å². The zero-order chi connectivity index (χ0) is 17.8. The first-order chi connectivity index (χ1) is 12.0. The molecule has 2 aromatic rings. The zero-order valence-corrected chi connectivity index (χ0v) is 15.8. The molecule has 0 bridgehead atoms. The lowest BCUT2D eigenvalue weighted by atomic mass is 9.99. The Morgan fingerprint density at radius 1 is 1.20 bits per heavy atom. The van der Waals surface area contributed by atoms with Gasteiger partial charge in [-0.05, 0) is 61.2 Å². The summed E-state index contributed by atoms with van der Waals surface area (Å²) >= 11 is 12.0. The lowest BCUT2D eigenvalue weighted by molar-refractivity contribution is 0.102. The Morgan fingerprint density at radius 3 is 2.64 bits per heavy atom. The van der Waals surface area contributed by atoms with Crippen LogP contribution in [0.1, 0.15) is 35.7 Å². The molecular weight excluding hydrogens is 355 g/mol. The van der Waals surface area contributed by atoms with Gasteiger partial charge in [0.1, 0.15) is 0 Å². The van der Waals surface area contributed by atoms with E-state index in [4.69, 9.17) is 23.2 Å². The molecule has 5 heteroatoms. The van der Waals surface area contributed by atoms with E-state index in [0.29, 0.717) is 21.3 Å². The molecule has 1 heterocycles. The molecule has 1 fully saturated rings. The molecule has 0 radical (unpaired) electrons. The van der Waals surface area contributed by atoms with Crippen molar-refractivity contribution in [3.05, 3.63) is 63.6 Å². The van der Waals surface area contributed by atoms with Crippen LogP contribution in [0.15, 0.2) is 42.5 Å². The third kappa shape index (κ3) is 4.97. The summed E-state index contributed by atoms with van der Waals surface area (Å²) < 4.78 is 0. The topological polar surface area (TPSA) is 32.3 Å². The van der Waals surface area contributed by atoms with Crippen molar-refractivity contribution in [2.45, 2.75) is 26.3 Å². The van der Waals surface area contributed by atoms with Crippen molar-refractivity contribution in [2.24, 2.45) is 5.92 Å². The van der Waals surface area contributed by atoms with Crippen LogP contribution in [0.25, 0.3) is 0 Å². The van der Waals surface area contributed by atoms with Gasteiger partial charge >= 0.3 is 0 Å². The van der Waals surface area contributed by atoms with Gasteiger partial charge in [0.25, 0.3) is 5.91 Å². The van der Waals surface area contributed by atoms with Gasteiger partial charge in [0, 0.05) is 23.7 Å². The van der Waals surface area contributed by atoms with Crippen molar-refractivity contribution >= 4 is 34.8 Å². The van der Waals surface area contributed by atoms with Crippen LogP contribution in [0, 0.1) is 5.92 Å². The number of likely N-dealkylation sites (tertiary alicyclic amines) is 1. The third-order valence-electron chi connectivity index (χ3n) is 4.54. The number of carbonyl (C=O) groups is 1. The fourth-order valence-electron chi connectivity index (χ4n) is 3.24. The SMILES string of the molecule is C[C@@H]1CCCN(Cc2ccc(C(=O)Nc3ccc(Cl)cc3Cl)cc2)C1. The second-order valence-corrected chi connectivity index (χ2v) is 7.60. The van der Waals surface area contributed by atoms with Gasteiger partial charge in [-0.2, -0.15) is 0 Å². The molecule has 0 saturated carbocycles. The lowest BCUT2D eigenvalue weighted by Gasteiger charge is -2.30. The monoisotopic (exact) mass is 376 g/mol. The van der Waals surface area contributed by atoms with Gasteiger partial charge in [0.15, 0.2) is 0 Å². The molecular formula is C20H22Cl2N2O. The minimum Gasteiger partial charge on any atom is -0.321 e. The van der Waals surface area contributed by atoms with E-state index in [0.717, 1.165) is 25.6 Å². The average Bonchev–Trinajstić information content (AvgIpc) is 2.58. The fraction of sp³-hybridized carbons (Fsp3) is 0.350. The molecule has 3 nitrogen and oxygen atoms in total. The molecule has 0 unspecified atom stereocenters. The van der Waals surface area contributed by atoms with E-state index >= 15 is 0 Å². The normalized spacial score (nSPS) is 18.1. The molecule has 132 valence electrons. The number of halogens is 2. The smallest absolute Gasteiger partial charge is 0.255 e. The van der Waals surface area contributed by atoms with E-state index in [-0.39, 0.29) is 5.91 Å². The van der Waals surface area contributed by atoms with Gasteiger partial charge in [-0.3, -0.25) is 9.69 Å². The quantitative estimate of drug-likeness (QED) is 0.766. The maximum atomic E-state index is 12.4. The van der Waals surface area contributed by atoms with Crippen molar-refractivity contribution in [1.82, 2.24) is 4.90 Å². The van der Waals surface area contributed by atoms with E-state index in [9.17, 15) is 4.79 Å². The number of amides is 1. The molecule has 0 spiro atoms. The summed E-state index contributed by atoms with van der Waals surface area (Å²) in [5, 5.41) is 3.79. The Morgan fingerprint density at radius 2 is 1.96 bits per heavy atom. The summed E-state index contributed by atoms with van der Waals surface area (Å²) in [4.78, 5) is 14.9. The van der Waals surface area contributed by atoms with E-state index < -0.39 is 0 Å². The molecule has 25 heavy (non-hydrogen) atoms. The summed E-state index contributed by atoms with van der Waals surface area (Å²) in [5.41, 5.74) is 2.40. The summed E-state index contributed by atoms with van der Waals surface area (Å²) in [5.74, 6) is 0.588. The molecule has 1 N–H and O–H groups in total. The first kappa shape index (κ1) is 18.2. The first-order valence-corrected chi connectivity index (χ1v) is 9.34. The molecule has 1 amide bonds. The van der Waals surface area contributed by atoms with Crippen LogP contribution in [0.4, 0.5) is 5.69 Å². The Bertz CT molecular complexity index is 746. The number of anilines is 1. The largest absolute Gasteiger partial charge is 0.321 e. The maximum absolute atomic E-state index is 12.4. The van der Waals surface area contributed by atoms with Gasteiger partial charge in [-0.1, -0.05) is 42.3 Å². The van der Waals surface area contributed by atoms with Crippen LogP contribution in [0.2, 0.25) is 10.0 Å². The van der Waals surface area contributed by atoms with E-state index in [1.54, 1.807) is 18.2 Å². The Balaban J connectivity index is 1.62. The Kier molecular flexibility index (Phi) is 6.00. The predicted octanol–water partition coefficient (Wildman–Crippen LogP) is 5.48. The zero-order valence-electron chi connectivity index (χ0n) is 14.3. The maximum Gasteiger partial charge on any atom is 0.255 e. The van der Waals surface area contributed by atoms with Crippen LogP contribution in [-0.4, -0.2) is 23.9 Å².